The molecule has 20 heavy (non-hydrogen) atoms. The highest BCUT2D eigenvalue weighted by Crippen LogP contribution is 2.50. The Hall–Kier alpha value is -1.19. The minimum atomic E-state index is -0.657. The fraction of sp³-hybridized carbons (Fsp3) is 0.588. The van der Waals surface area contributed by atoms with Crippen LogP contribution in [0.3, 0.4) is 0 Å². The second kappa shape index (κ2) is 5.66. The number of rotatable bonds is 4. The van der Waals surface area contributed by atoms with Gasteiger partial charge in [-0.25, -0.2) is 0 Å². The van der Waals surface area contributed by atoms with Crippen molar-refractivity contribution in [3.63, 3.8) is 0 Å². The number of fused-ring (bicyclic) bond motifs is 3. The first-order chi connectivity index (χ1) is 9.79. The molecule has 0 heterocycles. The average Bonchev–Trinajstić information content (AvgIpc) is 2.63. The molecular weight excluding hydrogens is 252 g/mol. The number of carbonyl (C=O) groups is 1. The highest BCUT2D eigenvalue weighted by molar-refractivity contribution is 6.08. The Bertz CT molecular complexity index is 497. The van der Waals surface area contributed by atoms with Crippen LogP contribution >= 0.6 is 0 Å². The molecule has 3 heteroatoms. The Morgan fingerprint density at radius 3 is 2.95 bits per heavy atom. The lowest BCUT2D eigenvalue weighted by atomic mass is 9.83. The van der Waals surface area contributed by atoms with Gasteiger partial charge in [-0.3, -0.25) is 4.79 Å². The average molecular weight is 274 g/mol. The summed E-state index contributed by atoms with van der Waals surface area (Å²) in [5, 5.41) is 8.96. The molecule has 1 aromatic carbocycles. The molecule has 1 saturated carbocycles. The van der Waals surface area contributed by atoms with Crippen LogP contribution < -0.4 is 0 Å². The van der Waals surface area contributed by atoms with Crippen molar-refractivity contribution in [2.45, 2.75) is 50.0 Å². The third-order valence-electron chi connectivity index (χ3n) is 4.73. The Morgan fingerprint density at radius 1 is 1.25 bits per heavy atom. The van der Waals surface area contributed by atoms with Gasteiger partial charge in [-0.15, -0.1) is 0 Å². The molecular formula is C17H22O3. The zero-order valence-corrected chi connectivity index (χ0v) is 11.8. The van der Waals surface area contributed by atoms with Gasteiger partial charge >= 0.3 is 0 Å². The maximum atomic E-state index is 12.9. The van der Waals surface area contributed by atoms with Crippen LogP contribution in [0, 0.1) is 0 Å². The molecule has 0 aliphatic heterocycles. The highest BCUT2D eigenvalue weighted by Gasteiger charge is 2.53. The van der Waals surface area contributed by atoms with Gasteiger partial charge < -0.3 is 9.84 Å². The highest BCUT2D eigenvalue weighted by atomic mass is 16.5. The monoisotopic (exact) mass is 274 g/mol. The largest absolute Gasteiger partial charge is 0.396 e. The molecule has 0 unspecified atom stereocenters. The molecule has 0 amide bonds. The quantitative estimate of drug-likeness (QED) is 0.858. The standard InChI is InChI=1S/C17H22O3/c18-11-6-12-20-17-10-5-1-2-9-15(17)13-7-3-4-8-14(13)16(17)19/h3-4,7-8,15,18H,1-2,5-6,9-12H2/t15-,17-/m0/s1. The number of aliphatic hydroxyl groups excluding tert-OH is 1. The van der Waals surface area contributed by atoms with Crippen molar-refractivity contribution in [3.05, 3.63) is 35.4 Å². The van der Waals surface area contributed by atoms with E-state index in [9.17, 15) is 4.79 Å². The van der Waals surface area contributed by atoms with Gasteiger partial charge in [-0.1, -0.05) is 43.5 Å². The lowest BCUT2D eigenvalue weighted by Crippen LogP contribution is -2.42. The van der Waals surface area contributed by atoms with Gasteiger partial charge in [0.05, 0.1) is 6.61 Å². The normalized spacial score (nSPS) is 28.9. The third-order valence-corrected chi connectivity index (χ3v) is 4.73. The van der Waals surface area contributed by atoms with E-state index in [1.165, 1.54) is 12.0 Å². The predicted molar refractivity (Wildman–Crippen MR) is 77.0 cm³/mol. The van der Waals surface area contributed by atoms with Gasteiger partial charge in [0, 0.05) is 18.1 Å². The van der Waals surface area contributed by atoms with Crippen molar-refractivity contribution in [3.8, 4) is 0 Å². The fourth-order valence-electron chi connectivity index (χ4n) is 3.79. The van der Waals surface area contributed by atoms with Crippen molar-refractivity contribution < 1.29 is 14.6 Å². The van der Waals surface area contributed by atoms with E-state index < -0.39 is 5.60 Å². The molecule has 0 aromatic heterocycles. The van der Waals surface area contributed by atoms with Gasteiger partial charge in [-0.2, -0.15) is 0 Å². The van der Waals surface area contributed by atoms with Gasteiger partial charge in [0.15, 0.2) is 5.78 Å². The summed E-state index contributed by atoms with van der Waals surface area (Å²) in [5.41, 5.74) is 1.36. The van der Waals surface area contributed by atoms with Crippen LogP contribution in [0.2, 0.25) is 0 Å². The van der Waals surface area contributed by atoms with Crippen molar-refractivity contribution in [1.29, 1.82) is 0 Å². The summed E-state index contributed by atoms with van der Waals surface area (Å²) in [6, 6.07) is 7.97. The van der Waals surface area contributed by atoms with Crippen molar-refractivity contribution in [2.75, 3.05) is 13.2 Å². The summed E-state index contributed by atoms with van der Waals surface area (Å²) in [4.78, 5) is 12.9. The molecule has 2 atom stereocenters. The zero-order chi connectivity index (χ0) is 14.0. The summed E-state index contributed by atoms with van der Waals surface area (Å²) >= 11 is 0. The summed E-state index contributed by atoms with van der Waals surface area (Å²) in [7, 11) is 0. The molecule has 0 saturated heterocycles. The lowest BCUT2D eigenvalue weighted by molar-refractivity contribution is -0.0444. The van der Waals surface area contributed by atoms with E-state index >= 15 is 0 Å². The first-order valence-corrected chi connectivity index (χ1v) is 7.68. The first kappa shape index (κ1) is 13.8. The van der Waals surface area contributed by atoms with E-state index in [1.807, 2.05) is 18.2 Å². The second-order valence-electron chi connectivity index (χ2n) is 5.88. The molecule has 1 aromatic rings. The minimum absolute atomic E-state index is 0.113. The first-order valence-electron chi connectivity index (χ1n) is 7.68. The minimum Gasteiger partial charge on any atom is -0.396 e. The van der Waals surface area contributed by atoms with E-state index in [4.69, 9.17) is 9.84 Å². The number of hydrogen-bond donors (Lipinski definition) is 1. The van der Waals surface area contributed by atoms with E-state index in [0.29, 0.717) is 13.0 Å². The summed E-state index contributed by atoms with van der Waals surface area (Å²) in [5.74, 6) is 0.366. The molecule has 3 rings (SSSR count). The number of aliphatic hydroxyl groups is 1. The number of ketones is 1. The molecule has 1 fully saturated rings. The van der Waals surface area contributed by atoms with Crippen molar-refractivity contribution in [2.24, 2.45) is 0 Å². The summed E-state index contributed by atoms with van der Waals surface area (Å²) in [6.07, 6.45) is 5.83. The Balaban J connectivity index is 1.97. The maximum absolute atomic E-state index is 12.9. The molecule has 2 aliphatic carbocycles. The van der Waals surface area contributed by atoms with Crippen LogP contribution in [-0.4, -0.2) is 29.7 Å². The Kier molecular flexibility index (Phi) is 3.90. The van der Waals surface area contributed by atoms with Crippen molar-refractivity contribution in [1.82, 2.24) is 0 Å². The van der Waals surface area contributed by atoms with Gasteiger partial charge in [-0.05, 0) is 24.8 Å². The number of ether oxygens (including phenoxy) is 1. The molecule has 1 N–H and O–H groups in total. The van der Waals surface area contributed by atoms with E-state index in [1.54, 1.807) is 0 Å². The Labute approximate surface area is 120 Å². The molecule has 0 bridgehead atoms. The van der Waals surface area contributed by atoms with Gasteiger partial charge in [0.1, 0.15) is 5.60 Å². The van der Waals surface area contributed by atoms with Gasteiger partial charge in [0.2, 0.25) is 0 Å². The topological polar surface area (TPSA) is 46.5 Å². The molecule has 0 radical (unpaired) electrons. The summed E-state index contributed by atoms with van der Waals surface area (Å²) < 4.78 is 6.10. The molecule has 2 aliphatic rings. The predicted octanol–water partition coefficient (Wildman–Crippen LogP) is 3.07. The lowest BCUT2D eigenvalue weighted by Gasteiger charge is -2.33. The van der Waals surface area contributed by atoms with Crippen LogP contribution in [0.5, 0.6) is 0 Å². The van der Waals surface area contributed by atoms with Crippen LogP contribution in [0.15, 0.2) is 24.3 Å². The SMILES string of the molecule is O=C1c2ccccc2[C@@H]2CCCCC[C@@]12OCCCO. The van der Waals surface area contributed by atoms with E-state index in [0.717, 1.165) is 31.2 Å². The molecule has 0 spiro atoms. The van der Waals surface area contributed by atoms with Crippen LogP contribution in [0.4, 0.5) is 0 Å². The zero-order valence-electron chi connectivity index (χ0n) is 11.8. The van der Waals surface area contributed by atoms with E-state index in [-0.39, 0.29) is 18.3 Å². The second-order valence-corrected chi connectivity index (χ2v) is 5.88. The van der Waals surface area contributed by atoms with Gasteiger partial charge in [0.25, 0.3) is 0 Å². The molecule has 3 nitrogen and oxygen atoms in total. The maximum Gasteiger partial charge on any atom is 0.195 e. The number of carbonyl (C=O) groups excluding carboxylic acids is 1. The van der Waals surface area contributed by atoms with Crippen LogP contribution in [-0.2, 0) is 4.74 Å². The number of benzene rings is 1. The van der Waals surface area contributed by atoms with Crippen LogP contribution in [0.1, 0.15) is 60.4 Å². The Morgan fingerprint density at radius 2 is 2.10 bits per heavy atom. The fourth-order valence-corrected chi connectivity index (χ4v) is 3.79. The number of Topliss-reactive ketones (excluding diaryl/α,β-unsaturated/α-hetero) is 1. The van der Waals surface area contributed by atoms with Crippen molar-refractivity contribution >= 4 is 5.78 Å². The summed E-state index contributed by atoms with van der Waals surface area (Å²) in [6.45, 7) is 0.578. The number of hydrogen-bond acceptors (Lipinski definition) is 3. The van der Waals surface area contributed by atoms with E-state index in [2.05, 4.69) is 6.07 Å². The van der Waals surface area contributed by atoms with Crippen LogP contribution in [0.25, 0.3) is 0 Å². The third kappa shape index (κ3) is 2.09. The smallest absolute Gasteiger partial charge is 0.195 e. The molecule has 108 valence electrons.